The quantitative estimate of drug-likeness (QED) is 0.888. The second-order valence-corrected chi connectivity index (χ2v) is 5.48. The van der Waals surface area contributed by atoms with Gasteiger partial charge >= 0.3 is 0 Å². The third kappa shape index (κ3) is 3.69. The van der Waals surface area contributed by atoms with E-state index in [9.17, 15) is 9.90 Å². The highest BCUT2D eigenvalue weighted by Crippen LogP contribution is 2.23. The van der Waals surface area contributed by atoms with Crippen LogP contribution in [0.5, 0.6) is 0 Å². The van der Waals surface area contributed by atoms with Crippen molar-refractivity contribution in [3.05, 3.63) is 29.3 Å². The van der Waals surface area contributed by atoms with Crippen LogP contribution in [0.2, 0.25) is 5.02 Å². The van der Waals surface area contributed by atoms with Gasteiger partial charge in [-0.1, -0.05) is 18.5 Å². The molecule has 0 bridgehead atoms. The molecule has 0 spiro atoms. The molecule has 104 valence electrons. The molecule has 5 heteroatoms. The summed E-state index contributed by atoms with van der Waals surface area (Å²) in [6.45, 7) is 3.39. The number of hydrogen-bond donors (Lipinski definition) is 2. The maximum absolute atomic E-state index is 12.0. The minimum Gasteiger partial charge on any atom is -0.395 e. The number of hydrogen-bond acceptors (Lipinski definition) is 3. The molecule has 1 aliphatic rings. The summed E-state index contributed by atoms with van der Waals surface area (Å²) in [5, 5.41) is 12.8. The van der Waals surface area contributed by atoms with Crippen molar-refractivity contribution >= 4 is 23.2 Å². The highest BCUT2D eigenvalue weighted by molar-refractivity contribution is 6.30. The Labute approximate surface area is 118 Å². The van der Waals surface area contributed by atoms with Gasteiger partial charge in [-0.25, -0.2) is 0 Å². The fraction of sp³-hybridized carbons (Fsp3) is 0.500. The van der Waals surface area contributed by atoms with Gasteiger partial charge in [-0.3, -0.25) is 9.69 Å². The van der Waals surface area contributed by atoms with Gasteiger partial charge in [0, 0.05) is 16.8 Å². The zero-order valence-electron chi connectivity index (χ0n) is 11.0. The van der Waals surface area contributed by atoms with Crippen molar-refractivity contribution in [3.8, 4) is 0 Å². The Morgan fingerprint density at radius 3 is 2.79 bits per heavy atom. The number of benzene rings is 1. The number of carbonyl (C=O) groups is 1. The van der Waals surface area contributed by atoms with E-state index in [1.165, 1.54) is 0 Å². The van der Waals surface area contributed by atoms with Gasteiger partial charge in [-0.2, -0.15) is 0 Å². The lowest BCUT2D eigenvalue weighted by atomic mass is 10.0. The molecule has 1 aliphatic heterocycles. The minimum atomic E-state index is -0.0603. The number of halogens is 1. The molecule has 2 N–H and O–H groups in total. The lowest BCUT2D eigenvalue weighted by molar-refractivity contribution is -0.117. The molecule has 2 atom stereocenters. The van der Waals surface area contributed by atoms with Crippen LogP contribution in [0.25, 0.3) is 0 Å². The summed E-state index contributed by atoms with van der Waals surface area (Å²) in [7, 11) is 0. The van der Waals surface area contributed by atoms with E-state index in [0.717, 1.165) is 18.7 Å². The van der Waals surface area contributed by atoms with Crippen LogP contribution >= 0.6 is 11.6 Å². The van der Waals surface area contributed by atoms with Gasteiger partial charge in [0.1, 0.15) is 0 Å². The summed E-state index contributed by atoms with van der Waals surface area (Å²) < 4.78 is 0. The standard InChI is InChI=1S/C14H19ClN2O2/c1-10-6-7-17(13(10)9-18)8-14(19)16-12-4-2-11(15)3-5-12/h2-5,10,13,18H,6-9H2,1H3,(H,16,19). The van der Waals surface area contributed by atoms with Crippen molar-refractivity contribution in [1.29, 1.82) is 0 Å². The Bertz CT molecular complexity index is 436. The SMILES string of the molecule is CC1CCN(CC(=O)Nc2ccc(Cl)cc2)C1CO. The Hall–Kier alpha value is -1.10. The molecule has 1 aromatic carbocycles. The summed E-state index contributed by atoms with van der Waals surface area (Å²) in [4.78, 5) is 14.0. The van der Waals surface area contributed by atoms with Gasteiger partial charge in [-0.05, 0) is 43.1 Å². The molecular weight excluding hydrogens is 264 g/mol. The van der Waals surface area contributed by atoms with Crippen molar-refractivity contribution in [2.24, 2.45) is 5.92 Å². The van der Waals surface area contributed by atoms with Gasteiger partial charge in [0.2, 0.25) is 5.91 Å². The van der Waals surface area contributed by atoms with Gasteiger partial charge in [0.25, 0.3) is 0 Å². The minimum absolute atomic E-state index is 0.0603. The monoisotopic (exact) mass is 282 g/mol. The van der Waals surface area contributed by atoms with E-state index in [1.54, 1.807) is 24.3 Å². The average molecular weight is 283 g/mol. The first-order valence-electron chi connectivity index (χ1n) is 6.50. The Balaban J connectivity index is 1.89. The zero-order chi connectivity index (χ0) is 13.8. The topological polar surface area (TPSA) is 52.6 Å². The third-order valence-corrected chi connectivity index (χ3v) is 3.91. The number of aliphatic hydroxyl groups excluding tert-OH is 1. The Morgan fingerprint density at radius 1 is 1.47 bits per heavy atom. The molecule has 1 fully saturated rings. The Morgan fingerprint density at radius 2 is 2.16 bits per heavy atom. The molecule has 1 amide bonds. The second-order valence-electron chi connectivity index (χ2n) is 5.04. The van der Waals surface area contributed by atoms with Crippen LogP contribution in [0, 0.1) is 5.92 Å². The van der Waals surface area contributed by atoms with E-state index >= 15 is 0 Å². The van der Waals surface area contributed by atoms with E-state index in [1.807, 2.05) is 4.90 Å². The van der Waals surface area contributed by atoms with Gasteiger partial charge in [-0.15, -0.1) is 0 Å². The van der Waals surface area contributed by atoms with Crippen LogP contribution in [0.4, 0.5) is 5.69 Å². The summed E-state index contributed by atoms with van der Waals surface area (Å²) in [6.07, 6.45) is 1.03. The molecule has 0 aromatic heterocycles. The molecule has 0 saturated carbocycles. The van der Waals surface area contributed by atoms with E-state index in [4.69, 9.17) is 11.6 Å². The van der Waals surface area contributed by atoms with E-state index in [0.29, 0.717) is 17.5 Å². The summed E-state index contributed by atoms with van der Waals surface area (Å²) in [6, 6.07) is 7.13. The van der Waals surface area contributed by atoms with Crippen molar-refractivity contribution in [2.75, 3.05) is 25.0 Å². The number of carbonyl (C=O) groups excluding carboxylic acids is 1. The van der Waals surface area contributed by atoms with Crippen LogP contribution < -0.4 is 5.32 Å². The number of anilines is 1. The van der Waals surface area contributed by atoms with Gasteiger partial charge < -0.3 is 10.4 Å². The maximum Gasteiger partial charge on any atom is 0.238 e. The number of amides is 1. The van der Waals surface area contributed by atoms with E-state index < -0.39 is 0 Å². The van der Waals surface area contributed by atoms with Crippen LogP contribution in [0.3, 0.4) is 0 Å². The molecule has 0 radical (unpaired) electrons. The van der Waals surface area contributed by atoms with Crippen LogP contribution in [0.1, 0.15) is 13.3 Å². The molecule has 1 saturated heterocycles. The largest absolute Gasteiger partial charge is 0.395 e. The van der Waals surface area contributed by atoms with E-state index in [-0.39, 0.29) is 18.6 Å². The first-order valence-corrected chi connectivity index (χ1v) is 6.88. The van der Waals surface area contributed by atoms with Crippen molar-refractivity contribution in [1.82, 2.24) is 4.90 Å². The number of nitrogens with one attached hydrogen (secondary N) is 1. The second kappa shape index (κ2) is 6.37. The van der Waals surface area contributed by atoms with Crippen LogP contribution in [-0.4, -0.2) is 41.7 Å². The lowest BCUT2D eigenvalue weighted by Gasteiger charge is -2.24. The number of rotatable bonds is 4. The van der Waals surface area contributed by atoms with Crippen LogP contribution in [0.15, 0.2) is 24.3 Å². The van der Waals surface area contributed by atoms with Gasteiger partial charge in [0.15, 0.2) is 0 Å². The third-order valence-electron chi connectivity index (χ3n) is 3.66. The molecule has 0 aliphatic carbocycles. The normalized spacial score (nSPS) is 23.5. The van der Waals surface area contributed by atoms with E-state index in [2.05, 4.69) is 12.2 Å². The summed E-state index contributed by atoms with van der Waals surface area (Å²) in [5.74, 6) is 0.378. The smallest absolute Gasteiger partial charge is 0.238 e. The molecule has 1 aromatic rings. The van der Waals surface area contributed by atoms with Crippen LogP contribution in [-0.2, 0) is 4.79 Å². The number of aliphatic hydroxyl groups is 1. The first kappa shape index (κ1) is 14.3. The predicted octanol–water partition coefficient (Wildman–Crippen LogP) is 1.98. The zero-order valence-corrected chi connectivity index (χ0v) is 11.7. The predicted molar refractivity (Wildman–Crippen MR) is 76.3 cm³/mol. The van der Waals surface area contributed by atoms with Crippen molar-refractivity contribution in [3.63, 3.8) is 0 Å². The summed E-state index contributed by atoms with van der Waals surface area (Å²) in [5.41, 5.74) is 0.738. The fourth-order valence-electron chi connectivity index (χ4n) is 2.50. The fourth-order valence-corrected chi connectivity index (χ4v) is 2.62. The van der Waals surface area contributed by atoms with Crippen molar-refractivity contribution in [2.45, 2.75) is 19.4 Å². The summed E-state index contributed by atoms with van der Waals surface area (Å²) >= 11 is 5.79. The molecule has 2 unspecified atom stereocenters. The number of nitrogens with zero attached hydrogens (tertiary/aromatic N) is 1. The highest BCUT2D eigenvalue weighted by Gasteiger charge is 2.31. The Kier molecular flexibility index (Phi) is 4.80. The molecule has 19 heavy (non-hydrogen) atoms. The van der Waals surface area contributed by atoms with Gasteiger partial charge in [0.05, 0.1) is 13.2 Å². The first-order chi connectivity index (χ1) is 9.10. The molecule has 2 rings (SSSR count). The molecular formula is C14H19ClN2O2. The van der Waals surface area contributed by atoms with Crippen molar-refractivity contribution < 1.29 is 9.90 Å². The molecule has 4 nitrogen and oxygen atoms in total. The average Bonchev–Trinajstić information content (AvgIpc) is 2.72. The number of likely N-dealkylation sites (tertiary alicyclic amines) is 1. The molecule has 1 heterocycles. The highest BCUT2D eigenvalue weighted by atomic mass is 35.5. The maximum atomic E-state index is 12.0. The lowest BCUT2D eigenvalue weighted by Crippen LogP contribution is -2.40.